The number of amides is 4. The van der Waals surface area contributed by atoms with Crippen molar-refractivity contribution in [1.82, 2.24) is 20.2 Å². The fourth-order valence-electron chi connectivity index (χ4n) is 4.94. The molecular weight excluding hydrogens is 448 g/mol. The van der Waals surface area contributed by atoms with Crippen LogP contribution < -0.4 is 5.32 Å². The highest BCUT2D eigenvalue weighted by molar-refractivity contribution is 5.88. The zero-order valence-corrected chi connectivity index (χ0v) is 19.5. The van der Waals surface area contributed by atoms with Crippen molar-refractivity contribution in [2.75, 3.05) is 19.6 Å². The van der Waals surface area contributed by atoms with Gasteiger partial charge in [-0.15, -0.1) is 0 Å². The first kappa shape index (κ1) is 23.2. The lowest BCUT2D eigenvalue weighted by Gasteiger charge is -2.30. The van der Waals surface area contributed by atoms with Gasteiger partial charge in [0.2, 0.25) is 5.91 Å². The van der Waals surface area contributed by atoms with Gasteiger partial charge in [0, 0.05) is 25.7 Å². The van der Waals surface area contributed by atoms with Gasteiger partial charge in [-0.1, -0.05) is 60.7 Å². The van der Waals surface area contributed by atoms with E-state index >= 15 is 0 Å². The van der Waals surface area contributed by atoms with Crippen molar-refractivity contribution >= 4 is 18.0 Å². The molecule has 2 aromatic carbocycles. The van der Waals surface area contributed by atoms with Gasteiger partial charge in [0.1, 0.15) is 19.3 Å². The molecule has 1 N–H and O–H groups in total. The molecule has 35 heavy (non-hydrogen) atoms. The molecule has 0 aliphatic carbocycles. The fraction of sp³-hybridized carbons (Fsp3) is 0.423. The standard InChI is InChI=1S/C26H30N4O5/c31-24(27-21-13-14-28(15-21)26(33)34-17-19-7-3-1-4-8-19)23-12-11-22-16-29(23)25(32)30(22)35-18-20-9-5-2-6-10-20/h1-10,21-23H,11-18H2,(H,27,31)/t21-,22+,23-/m0/s1. The van der Waals surface area contributed by atoms with E-state index in [0.29, 0.717) is 45.5 Å². The number of hydrogen-bond donors (Lipinski definition) is 1. The molecule has 3 atom stereocenters. The molecule has 4 amide bonds. The van der Waals surface area contributed by atoms with Gasteiger partial charge in [-0.3, -0.25) is 9.63 Å². The molecule has 5 rings (SSSR count). The second-order valence-corrected chi connectivity index (χ2v) is 9.25. The molecule has 0 saturated carbocycles. The third-order valence-corrected chi connectivity index (χ3v) is 6.84. The average Bonchev–Trinajstić information content (AvgIpc) is 3.45. The third-order valence-electron chi connectivity index (χ3n) is 6.84. The summed E-state index contributed by atoms with van der Waals surface area (Å²) in [5.74, 6) is -0.175. The summed E-state index contributed by atoms with van der Waals surface area (Å²) in [4.78, 5) is 47.5. The zero-order chi connectivity index (χ0) is 24.2. The number of likely N-dealkylation sites (tertiary alicyclic amines) is 1. The van der Waals surface area contributed by atoms with Crippen LogP contribution in [0, 0.1) is 0 Å². The molecule has 0 spiro atoms. The molecule has 3 fully saturated rings. The van der Waals surface area contributed by atoms with Crippen LogP contribution in [0.15, 0.2) is 60.7 Å². The Balaban J connectivity index is 1.10. The smallest absolute Gasteiger partial charge is 0.410 e. The normalized spacial score (nSPS) is 23.5. The summed E-state index contributed by atoms with van der Waals surface area (Å²) in [6.45, 7) is 1.93. The number of nitrogens with one attached hydrogen (secondary N) is 1. The van der Waals surface area contributed by atoms with Gasteiger partial charge in [0.05, 0.1) is 6.04 Å². The first-order chi connectivity index (χ1) is 17.1. The molecule has 184 valence electrons. The topological polar surface area (TPSA) is 91.4 Å². The molecule has 0 aromatic heterocycles. The lowest BCUT2D eigenvalue weighted by molar-refractivity contribution is -0.140. The number of piperidine rings is 1. The third kappa shape index (κ3) is 5.24. The summed E-state index contributed by atoms with van der Waals surface area (Å²) in [6, 6.07) is 18.2. The van der Waals surface area contributed by atoms with Crippen LogP contribution in [0.2, 0.25) is 0 Å². The number of benzene rings is 2. The van der Waals surface area contributed by atoms with E-state index in [9.17, 15) is 14.4 Å². The van der Waals surface area contributed by atoms with Crippen LogP contribution in [0.1, 0.15) is 30.4 Å². The van der Waals surface area contributed by atoms with Crippen molar-refractivity contribution in [3.63, 3.8) is 0 Å². The predicted octanol–water partition coefficient (Wildman–Crippen LogP) is 2.91. The van der Waals surface area contributed by atoms with Crippen molar-refractivity contribution in [3.05, 3.63) is 71.8 Å². The lowest BCUT2D eigenvalue weighted by atomic mass is 10.00. The van der Waals surface area contributed by atoms with E-state index in [0.717, 1.165) is 11.1 Å². The summed E-state index contributed by atoms with van der Waals surface area (Å²) in [6.07, 6.45) is 1.56. The van der Waals surface area contributed by atoms with Crippen LogP contribution in [0.5, 0.6) is 0 Å². The maximum absolute atomic E-state index is 13.1. The van der Waals surface area contributed by atoms with E-state index in [-0.39, 0.29) is 36.7 Å². The number of hydrogen-bond acceptors (Lipinski definition) is 5. The summed E-state index contributed by atoms with van der Waals surface area (Å²) in [7, 11) is 0. The van der Waals surface area contributed by atoms with Crippen molar-refractivity contribution < 1.29 is 24.0 Å². The second kappa shape index (κ2) is 10.4. The first-order valence-corrected chi connectivity index (χ1v) is 12.1. The van der Waals surface area contributed by atoms with Gasteiger partial charge in [0.15, 0.2) is 0 Å². The minimum atomic E-state index is -0.525. The number of nitrogens with zero attached hydrogens (tertiary/aromatic N) is 3. The highest BCUT2D eigenvalue weighted by Gasteiger charge is 2.48. The molecule has 3 heterocycles. The monoisotopic (exact) mass is 478 g/mol. The van der Waals surface area contributed by atoms with E-state index < -0.39 is 6.04 Å². The van der Waals surface area contributed by atoms with Crippen molar-refractivity contribution in [1.29, 1.82) is 0 Å². The quantitative estimate of drug-likeness (QED) is 0.661. The van der Waals surface area contributed by atoms with Crippen LogP contribution in [-0.2, 0) is 27.6 Å². The molecule has 3 saturated heterocycles. The maximum atomic E-state index is 13.1. The molecule has 0 radical (unpaired) electrons. The Kier molecular flexibility index (Phi) is 6.85. The molecule has 0 unspecified atom stereocenters. The highest BCUT2D eigenvalue weighted by atomic mass is 16.7. The number of carbonyl (C=O) groups excluding carboxylic acids is 3. The molecule has 9 nitrogen and oxygen atoms in total. The summed E-state index contributed by atoms with van der Waals surface area (Å²) in [5.41, 5.74) is 1.91. The van der Waals surface area contributed by atoms with Crippen LogP contribution >= 0.6 is 0 Å². The molecule has 3 aliphatic rings. The summed E-state index contributed by atoms with van der Waals surface area (Å²) >= 11 is 0. The lowest BCUT2D eigenvalue weighted by Crippen LogP contribution is -2.52. The Morgan fingerprint density at radius 3 is 2.29 bits per heavy atom. The zero-order valence-electron chi connectivity index (χ0n) is 19.5. The number of hydroxylamine groups is 2. The van der Waals surface area contributed by atoms with Crippen molar-refractivity contribution in [3.8, 4) is 0 Å². The Hall–Kier alpha value is -3.59. The molecule has 9 heteroatoms. The molecular formula is C26H30N4O5. The first-order valence-electron chi connectivity index (χ1n) is 12.1. The van der Waals surface area contributed by atoms with E-state index in [4.69, 9.17) is 9.57 Å². The summed E-state index contributed by atoms with van der Waals surface area (Å²) in [5, 5.41) is 4.47. The maximum Gasteiger partial charge on any atom is 0.410 e. The number of fused-ring (bicyclic) bond motifs is 2. The predicted molar refractivity (Wildman–Crippen MR) is 127 cm³/mol. The van der Waals surface area contributed by atoms with Crippen molar-refractivity contribution in [2.24, 2.45) is 0 Å². The van der Waals surface area contributed by atoms with Gasteiger partial charge in [-0.05, 0) is 30.4 Å². The minimum absolute atomic E-state index is 0.0448. The van der Waals surface area contributed by atoms with Gasteiger partial charge >= 0.3 is 12.1 Å². The Morgan fingerprint density at radius 2 is 1.57 bits per heavy atom. The van der Waals surface area contributed by atoms with Gasteiger partial charge in [-0.25, -0.2) is 9.59 Å². The van der Waals surface area contributed by atoms with E-state index in [1.807, 2.05) is 60.7 Å². The number of carbonyl (C=O) groups is 3. The minimum Gasteiger partial charge on any atom is -0.445 e. The molecule has 3 aliphatic heterocycles. The van der Waals surface area contributed by atoms with Gasteiger partial charge < -0.3 is 19.9 Å². The van der Waals surface area contributed by atoms with Gasteiger partial charge in [-0.2, -0.15) is 5.06 Å². The highest BCUT2D eigenvalue weighted by Crippen LogP contribution is 2.31. The second-order valence-electron chi connectivity index (χ2n) is 9.25. The van der Waals surface area contributed by atoms with Crippen LogP contribution in [0.3, 0.4) is 0 Å². The largest absolute Gasteiger partial charge is 0.445 e. The van der Waals surface area contributed by atoms with E-state index in [1.165, 1.54) is 5.06 Å². The SMILES string of the molecule is O=C(N[C@H]1CCN(C(=O)OCc2ccccc2)C1)[C@@H]1CC[C@@H]2CN1C(=O)N2OCc1ccccc1. The molecule has 2 bridgehead atoms. The number of urea groups is 1. The Bertz CT molecular complexity index is 1050. The van der Waals surface area contributed by atoms with Crippen LogP contribution in [-0.4, -0.2) is 70.7 Å². The Labute approximate surface area is 204 Å². The van der Waals surface area contributed by atoms with Crippen molar-refractivity contribution in [2.45, 2.75) is 50.6 Å². The van der Waals surface area contributed by atoms with Crippen LogP contribution in [0.25, 0.3) is 0 Å². The fourth-order valence-corrected chi connectivity index (χ4v) is 4.94. The average molecular weight is 479 g/mol. The van der Waals surface area contributed by atoms with Crippen LogP contribution in [0.4, 0.5) is 9.59 Å². The summed E-state index contributed by atoms with van der Waals surface area (Å²) < 4.78 is 5.40. The Morgan fingerprint density at radius 1 is 0.886 bits per heavy atom. The van der Waals surface area contributed by atoms with Gasteiger partial charge in [0.25, 0.3) is 0 Å². The van der Waals surface area contributed by atoms with E-state index in [1.54, 1.807) is 9.80 Å². The number of ether oxygens (including phenoxy) is 1. The molecule has 2 aromatic rings. The number of rotatable bonds is 7. The van der Waals surface area contributed by atoms with E-state index in [2.05, 4.69) is 5.32 Å².